The maximum absolute atomic E-state index is 11.7. The van der Waals surface area contributed by atoms with Crippen LogP contribution in [0.3, 0.4) is 0 Å². The summed E-state index contributed by atoms with van der Waals surface area (Å²) in [6.45, 7) is 7.29. The van der Waals surface area contributed by atoms with E-state index in [1.807, 2.05) is 13.0 Å². The Bertz CT molecular complexity index is 424. The van der Waals surface area contributed by atoms with E-state index in [1.165, 1.54) is 0 Å². The van der Waals surface area contributed by atoms with Crippen molar-refractivity contribution in [3.63, 3.8) is 0 Å². The summed E-state index contributed by atoms with van der Waals surface area (Å²) in [5.41, 5.74) is 0.661. The lowest BCUT2D eigenvalue weighted by Gasteiger charge is -2.25. The zero-order valence-corrected chi connectivity index (χ0v) is 11.3. The third-order valence-corrected chi connectivity index (χ3v) is 2.55. The number of benzene rings is 1. The van der Waals surface area contributed by atoms with Gasteiger partial charge in [-0.1, -0.05) is 12.1 Å². The average molecular weight is 252 g/mol. The molecule has 0 spiro atoms. The van der Waals surface area contributed by atoms with Gasteiger partial charge in [0.2, 0.25) is 0 Å². The highest BCUT2D eigenvalue weighted by atomic mass is 16.6. The molecule has 0 aliphatic rings. The first-order chi connectivity index (χ1) is 8.40. The number of hydrogen-bond donors (Lipinski definition) is 1. The van der Waals surface area contributed by atoms with E-state index in [4.69, 9.17) is 14.6 Å². The van der Waals surface area contributed by atoms with E-state index in [0.29, 0.717) is 12.4 Å². The van der Waals surface area contributed by atoms with Gasteiger partial charge >= 0.3 is 5.97 Å². The molecule has 1 aromatic carbocycles. The summed E-state index contributed by atoms with van der Waals surface area (Å²) >= 11 is 0. The largest absolute Gasteiger partial charge is 0.476 e. The molecule has 0 amide bonds. The number of aliphatic hydroxyl groups excluding tert-OH is 1. The first kappa shape index (κ1) is 14.5. The van der Waals surface area contributed by atoms with E-state index in [2.05, 4.69) is 0 Å². The average Bonchev–Trinajstić information content (AvgIpc) is 2.32. The van der Waals surface area contributed by atoms with Gasteiger partial charge in [0.1, 0.15) is 5.75 Å². The molecule has 100 valence electrons. The van der Waals surface area contributed by atoms with Gasteiger partial charge in [-0.2, -0.15) is 0 Å². The van der Waals surface area contributed by atoms with Crippen LogP contribution in [0.4, 0.5) is 0 Å². The molecule has 1 rings (SSSR count). The molecule has 0 unspecified atom stereocenters. The molecule has 0 aromatic heterocycles. The molecule has 0 bridgehead atoms. The summed E-state index contributed by atoms with van der Waals surface area (Å²) < 4.78 is 10.6. The number of ether oxygens (including phenoxy) is 2. The SMILES string of the molecule is CCOC(=O)C(C)(C)Oc1ccc(CO)cc1C. The van der Waals surface area contributed by atoms with Crippen molar-refractivity contribution >= 4 is 5.97 Å². The van der Waals surface area contributed by atoms with Crippen molar-refractivity contribution in [1.82, 2.24) is 0 Å². The Morgan fingerprint density at radius 3 is 2.56 bits per heavy atom. The molecule has 1 aromatic rings. The minimum Gasteiger partial charge on any atom is -0.476 e. The highest BCUT2D eigenvalue weighted by Crippen LogP contribution is 2.24. The van der Waals surface area contributed by atoms with Crippen molar-refractivity contribution < 1.29 is 19.4 Å². The summed E-state index contributed by atoms with van der Waals surface area (Å²) in [6.07, 6.45) is 0. The fourth-order valence-corrected chi connectivity index (χ4v) is 1.55. The van der Waals surface area contributed by atoms with E-state index in [1.54, 1.807) is 32.9 Å². The summed E-state index contributed by atoms with van der Waals surface area (Å²) in [5.74, 6) is 0.223. The quantitative estimate of drug-likeness (QED) is 0.816. The van der Waals surface area contributed by atoms with Gasteiger partial charge in [-0.15, -0.1) is 0 Å². The molecule has 4 nitrogen and oxygen atoms in total. The zero-order valence-electron chi connectivity index (χ0n) is 11.3. The number of carbonyl (C=O) groups excluding carboxylic acids is 1. The van der Waals surface area contributed by atoms with Crippen molar-refractivity contribution in [2.75, 3.05) is 6.61 Å². The standard InChI is InChI=1S/C14H20O4/c1-5-17-13(16)14(3,4)18-12-7-6-11(9-15)8-10(12)2/h6-8,15H,5,9H2,1-4H3. The Labute approximate surface area is 108 Å². The number of aliphatic hydroxyl groups is 1. The molecule has 18 heavy (non-hydrogen) atoms. The molecule has 1 N–H and O–H groups in total. The van der Waals surface area contributed by atoms with Crippen molar-refractivity contribution in [3.8, 4) is 5.75 Å². The molecule has 0 heterocycles. The Kier molecular flexibility index (Phi) is 4.73. The van der Waals surface area contributed by atoms with Crippen LogP contribution >= 0.6 is 0 Å². The van der Waals surface area contributed by atoms with Gasteiger partial charge < -0.3 is 14.6 Å². The monoisotopic (exact) mass is 252 g/mol. The molecule has 0 radical (unpaired) electrons. The van der Waals surface area contributed by atoms with Crippen molar-refractivity contribution in [1.29, 1.82) is 0 Å². The lowest BCUT2D eigenvalue weighted by atomic mass is 10.1. The summed E-state index contributed by atoms with van der Waals surface area (Å²) in [5, 5.41) is 9.03. The summed E-state index contributed by atoms with van der Waals surface area (Å²) in [4.78, 5) is 11.7. The van der Waals surface area contributed by atoms with Crippen LogP contribution < -0.4 is 4.74 Å². The summed E-state index contributed by atoms with van der Waals surface area (Å²) in [7, 11) is 0. The number of aryl methyl sites for hydroxylation is 1. The molecule has 4 heteroatoms. The fourth-order valence-electron chi connectivity index (χ4n) is 1.55. The van der Waals surface area contributed by atoms with Crippen molar-refractivity contribution in [2.45, 2.75) is 39.9 Å². The highest BCUT2D eigenvalue weighted by Gasteiger charge is 2.31. The minimum absolute atomic E-state index is 0.0115. The second kappa shape index (κ2) is 5.87. The molecular formula is C14H20O4. The Hall–Kier alpha value is -1.55. The van der Waals surface area contributed by atoms with Gasteiger partial charge in [-0.25, -0.2) is 4.79 Å². The zero-order chi connectivity index (χ0) is 13.8. The first-order valence-corrected chi connectivity index (χ1v) is 5.97. The second-order valence-electron chi connectivity index (χ2n) is 4.59. The number of carbonyl (C=O) groups is 1. The maximum atomic E-state index is 11.7. The van der Waals surface area contributed by atoms with Crippen LogP contribution in [-0.4, -0.2) is 23.3 Å². The molecule has 0 atom stereocenters. The van der Waals surface area contributed by atoms with Gasteiger partial charge in [0.25, 0.3) is 0 Å². The smallest absolute Gasteiger partial charge is 0.349 e. The Balaban J connectivity index is 2.87. The predicted molar refractivity (Wildman–Crippen MR) is 68.4 cm³/mol. The van der Waals surface area contributed by atoms with Gasteiger partial charge in [0.15, 0.2) is 5.60 Å². The molecule has 0 aliphatic carbocycles. The molecule has 0 saturated heterocycles. The third-order valence-electron chi connectivity index (χ3n) is 2.55. The number of hydrogen-bond acceptors (Lipinski definition) is 4. The van der Waals surface area contributed by atoms with E-state index >= 15 is 0 Å². The molecular weight excluding hydrogens is 232 g/mol. The lowest BCUT2D eigenvalue weighted by Crippen LogP contribution is -2.39. The van der Waals surface area contributed by atoms with Crippen molar-refractivity contribution in [3.05, 3.63) is 29.3 Å². The van der Waals surface area contributed by atoms with E-state index in [9.17, 15) is 4.79 Å². The molecule has 0 fully saturated rings. The topological polar surface area (TPSA) is 55.8 Å². The van der Waals surface area contributed by atoms with Crippen LogP contribution in [0.1, 0.15) is 31.9 Å². The van der Waals surface area contributed by atoms with E-state index in [-0.39, 0.29) is 6.61 Å². The fraction of sp³-hybridized carbons (Fsp3) is 0.500. The van der Waals surface area contributed by atoms with Gasteiger partial charge in [0, 0.05) is 0 Å². The third kappa shape index (κ3) is 3.47. The predicted octanol–water partition coefficient (Wildman–Crippen LogP) is 2.21. The minimum atomic E-state index is -1.03. The van der Waals surface area contributed by atoms with Crippen LogP contribution in [-0.2, 0) is 16.1 Å². The van der Waals surface area contributed by atoms with E-state index < -0.39 is 11.6 Å². The number of rotatable bonds is 5. The Morgan fingerprint density at radius 1 is 1.39 bits per heavy atom. The first-order valence-electron chi connectivity index (χ1n) is 5.97. The van der Waals surface area contributed by atoms with Crippen LogP contribution in [0.2, 0.25) is 0 Å². The number of esters is 1. The summed E-state index contributed by atoms with van der Waals surface area (Å²) in [6, 6.07) is 5.35. The van der Waals surface area contributed by atoms with Gasteiger partial charge in [-0.3, -0.25) is 0 Å². The van der Waals surface area contributed by atoms with Gasteiger partial charge in [0.05, 0.1) is 13.2 Å². The van der Waals surface area contributed by atoms with Crippen LogP contribution in [0, 0.1) is 6.92 Å². The maximum Gasteiger partial charge on any atom is 0.349 e. The van der Waals surface area contributed by atoms with Crippen molar-refractivity contribution in [2.24, 2.45) is 0 Å². The molecule has 0 aliphatic heterocycles. The van der Waals surface area contributed by atoms with Gasteiger partial charge in [-0.05, 0) is 44.9 Å². The molecule has 0 saturated carbocycles. The van der Waals surface area contributed by atoms with Crippen LogP contribution in [0.5, 0.6) is 5.75 Å². The second-order valence-corrected chi connectivity index (χ2v) is 4.59. The normalized spacial score (nSPS) is 11.2. The lowest BCUT2D eigenvalue weighted by molar-refractivity contribution is -0.158. The Morgan fingerprint density at radius 2 is 2.06 bits per heavy atom. The van der Waals surface area contributed by atoms with Crippen LogP contribution in [0.15, 0.2) is 18.2 Å². The van der Waals surface area contributed by atoms with E-state index in [0.717, 1.165) is 11.1 Å². The van der Waals surface area contributed by atoms with Crippen LogP contribution in [0.25, 0.3) is 0 Å². The highest BCUT2D eigenvalue weighted by molar-refractivity contribution is 5.79.